The minimum absolute atomic E-state index is 0.156. The number of hydrogen-bond donors (Lipinski definition) is 2. The first-order valence-electron chi connectivity index (χ1n) is 10.5. The van der Waals surface area contributed by atoms with Crippen LogP contribution in [-0.4, -0.2) is 41.1 Å². The summed E-state index contributed by atoms with van der Waals surface area (Å²) in [5, 5.41) is 6.52. The molecule has 1 unspecified atom stereocenters. The molecular formula is C22H33N3O3. The lowest BCUT2D eigenvalue weighted by Gasteiger charge is -2.28. The first kappa shape index (κ1) is 20.5. The molecule has 0 spiro atoms. The summed E-state index contributed by atoms with van der Waals surface area (Å²) in [6, 6.07) is 7.91. The molecule has 2 N–H and O–H groups in total. The Bertz CT molecular complexity index is 675. The lowest BCUT2D eigenvalue weighted by molar-refractivity contribution is -0.120. The van der Waals surface area contributed by atoms with Crippen LogP contribution in [0.25, 0.3) is 0 Å². The maximum absolute atomic E-state index is 12.7. The highest BCUT2D eigenvalue weighted by atomic mass is 16.6. The number of likely N-dealkylation sites (tertiary alicyclic amines) is 1. The standard InChI is InChI=1S/C22H33N3O3/c1-22(2,3)28-21(27)25-15-7-10-19(25)20(26)24-18-13-11-17(12-14-18)23-16-8-5-4-6-9-16/h11-14,16,19,23H,4-10,15H2,1-3H3,(H,24,26). The van der Waals surface area contributed by atoms with Gasteiger partial charge in [0.05, 0.1) is 0 Å². The van der Waals surface area contributed by atoms with Crippen LogP contribution in [0.15, 0.2) is 24.3 Å². The second-order valence-corrected chi connectivity index (χ2v) is 8.88. The van der Waals surface area contributed by atoms with Crippen LogP contribution >= 0.6 is 0 Å². The summed E-state index contributed by atoms with van der Waals surface area (Å²) in [6.45, 7) is 6.05. The molecule has 1 aromatic rings. The van der Waals surface area contributed by atoms with E-state index in [1.54, 1.807) is 4.90 Å². The number of ether oxygens (including phenoxy) is 1. The van der Waals surface area contributed by atoms with Gasteiger partial charge in [-0.05, 0) is 70.7 Å². The van der Waals surface area contributed by atoms with Crippen molar-refractivity contribution in [2.75, 3.05) is 17.2 Å². The van der Waals surface area contributed by atoms with Gasteiger partial charge in [-0.2, -0.15) is 0 Å². The van der Waals surface area contributed by atoms with E-state index in [4.69, 9.17) is 4.74 Å². The normalized spacial score (nSPS) is 20.7. The van der Waals surface area contributed by atoms with Crippen LogP contribution in [0.4, 0.5) is 16.2 Å². The largest absolute Gasteiger partial charge is 0.444 e. The molecule has 6 nitrogen and oxygen atoms in total. The lowest BCUT2D eigenvalue weighted by atomic mass is 9.95. The Morgan fingerprint density at radius 1 is 0.964 bits per heavy atom. The number of nitrogens with zero attached hydrogens (tertiary/aromatic N) is 1. The Hall–Kier alpha value is -2.24. The van der Waals surface area contributed by atoms with Crippen LogP contribution in [0.2, 0.25) is 0 Å². The average molecular weight is 388 g/mol. The quantitative estimate of drug-likeness (QED) is 0.781. The highest BCUT2D eigenvalue weighted by Gasteiger charge is 2.36. The van der Waals surface area contributed by atoms with Crippen molar-refractivity contribution >= 4 is 23.4 Å². The van der Waals surface area contributed by atoms with E-state index in [1.807, 2.05) is 45.0 Å². The molecule has 1 aliphatic heterocycles. The van der Waals surface area contributed by atoms with Crippen molar-refractivity contribution < 1.29 is 14.3 Å². The third-order valence-electron chi connectivity index (χ3n) is 5.31. The van der Waals surface area contributed by atoms with Gasteiger partial charge in [-0.25, -0.2) is 4.79 Å². The van der Waals surface area contributed by atoms with Crippen LogP contribution in [0.3, 0.4) is 0 Å². The predicted octanol–water partition coefficient (Wildman–Crippen LogP) is 4.77. The summed E-state index contributed by atoms with van der Waals surface area (Å²) in [5.74, 6) is -0.156. The van der Waals surface area contributed by atoms with E-state index in [9.17, 15) is 9.59 Å². The Kier molecular flexibility index (Phi) is 6.47. The monoisotopic (exact) mass is 387 g/mol. The average Bonchev–Trinajstić information content (AvgIpc) is 3.13. The number of amides is 2. The van der Waals surface area contributed by atoms with Gasteiger partial charge >= 0.3 is 6.09 Å². The van der Waals surface area contributed by atoms with Gasteiger partial charge in [0.2, 0.25) is 5.91 Å². The number of carbonyl (C=O) groups excluding carboxylic acids is 2. The topological polar surface area (TPSA) is 70.7 Å². The summed E-state index contributed by atoms with van der Waals surface area (Å²) in [6.07, 6.45) is 7.42. The van der Waals surface area contributed by atoms with Crippen molar-refractivity contribution in [2.24, 2.45) is 0 Å². The maximum atomic E-state index is 12.7. The summed E-state index contributed by atoms with van der Waals surface area (Å²) in [5.41, 5.74) is 1.26. The van der Waals surface area contributed by atoms with Crippen molar-refractivity contribution in [1.82, 2.24) is 4.90 Å². The molecule has 2 aliphatic rings. The van der Waals surface area contributed by atoms with Gasteiger partial charge < -0.3 is 15.4 Å². The van der Waals surface area contributed by atoms with E-state index in [0.717, 1.165) is 17.8 Å². The highest BCUT2D eigenvalue weighted by Crippen LogP contribution is 2.24. The second kappa shape index (κ2) is 8.84. The maximum Gasteiger partial charge on any atom is 0.410 e. The lowest BCUT2D eigenvalue weighted by Crippen LogP contribution is -2.45. The summed E-state index contributed by atoms with van der Waals surface area (Å²) < 4.78 is 5.44. The van der Waals surface area contributed by atoms with Crippen LogP contribution in [-0.2, 0) is 9.53 Å². The van der Waals surface area contributed by atoms with Crippen molar-refractivity contribution in [1.29, 1.82) is 0 Å². The van der Waals surface area contributed by atoms with Crippen molar-refractivity contribution in [3.05, 3.63) is 24.3 Å². The third kappa shape index (κ3) is 5.63. The number of anilines is 2. The number of carbonyl (C=O) groups is 2. The summed E-state index contributed by atoms with van der Waals surface area (Å²) in [4.78, 5) is 26.6. The number of benzene rings is 1. The van der Waals surface area contributed by atoms with Gasteiger partial charge in [0.15, 0.2) is 0 Å². The van der Waals surface area contributed by atoms with Gasteiger partial charge in [-0.1, -0.05) is 19.3 Å². The SMILES string of the molecule is CC(C)(C)OC(=O)N1CCCC1C(=O)Nc1ccc(NC2CCCCC2)cc1. The molecular weight excluding hydrogens is 354 g/mol. The van der Waals surface area contributed by atoms with Gasteiger partial charge in [0, 0.05) is 24.0 Å². The summed E-state index contributed by atoms with van der Waals surface area (Å²) in [7, 11) is 0. The molecule has 1 saturated carbocycles. The van der Waals surface area contributed by atoms with E-state index < -0.39 is 17.7 Å². The first-order valence-corrected chi connectivity index (χ1v) is 10.5. The predicted molar refractivity (Wildman–Crippen MR) is 112 cm³/mol. The van der Waals surface area contributed by atoms with E-state index in [-0.39, 0.29) is 5.91 Å². The Morgan fingerprint density at radius 2 is 1.61 bits per heavy atom. The van der Waals surface area contributed by atoms with Crippen LogP contribution in [0.5, 0.6) is 0 Å². The van der Waals surface area contributed by atoms with Gasteiger partial charge in [0.25, 0.3) is 0 Å². The molecule has 2 amide bonds. The fraction of sp³-hybridized carbons (Fsp3) is 0.636. The molecule has 1 heterocycles. The van der Waals surface area contributed by atoms with Crippen molar-refractivity contribution in [2.45, 2.75) is 83.4 Å². The molecule has 2 fully saturated rings. The second-order valence-electron chi connectivity index (χ2n) is 8.88. The van der Waals surface area contributed by atoms with Crippen molar-refractivity contribution in [3.63, 3.8) is 0 Å². The minimum atomic E-state index is -0.568. The molecule has 0 bridgehead atoms. The molecule has 3 rings (SSSR count). The zero-order valence-corrected chi connectivity index (χ0v) is 17.3. The van der Waals surface area contributed by atoms with Gasteiger partial charge in [-0.15, -0.1) is 0 Å². The van der Waals surface area contributed by atoms with Crippen LogP contribution in [0, 0.1) is 0 Å². The molecule has 0 radical (unpaired) electrons. The van der Waals surface area contributed by atoms with E-state index in [1.165, 1.54) is 32.1 Å². The minimum Gasteiger partial charge on any atom is -0.444 e. The molecule has 6 heteroatoms. The number of rotatable bonds is 4. The first-order chi connectivity index (χ1) is 13.3. The molecule has 1 atom stereocenters. The third-order valence-corrected chi connectivity index (χ3v) is 5.31. The highest BCUT2D eigenvalue weighted by molar-refractivity contribution is 5.97. The fourth-order valence-electron chi connectivity index (χ4n) is 3.94. The zero-order chi connectivity index (χ0) is 20.1. The molecule has 28 heavy (non-hydrogen) atoms. The van der Waals surface area contributed by atoms with Gasteiger partial charge in [0.1, 0.15) is 11.6 Å². The van der Waals surface area contributed by atoms with E-state index in [0.29, 0.717) is 19.0 Å². The molecule has 1 saturated heterocycles. The Balaban J connectivity index is 1.55. The summed E-state index contributed by atoms with van der Waals surface area (Å²) >= 11 is 0. The van der Waals surface area contributed by atoms with Crippen LogP contribution < -0.4 is 10.6 Å². The molecule has 1 aliphatic carbocycles. The number of nitrogens with one attached hydrogen (secondary N) is 2. The van der Waals surface area contributed by atoms with E-state index in [2.05, 4.69) is 10.6 Å². The molecule has 0 aromatic heterocycles. The number of hydrogen-bond acceptors (Lipinski definition) is 4. The zero-order valence-electron chi connectivity index (χ0n) is 17.3. The smallest absolute Gasteiger partial charge is 0.410 e. The Labute approximate surface area is 168 Å². The molecule has 1 aromatic carbocycles. The fourth-order valence-corrected chi connectivity index (χ4v) is 3.94. The van der Waals surface area contributed by atoms with Crippen molar-refractivity contribution in [3.8, 4) is 0 Å². The Morgan fingerprint density at radius 3 is 2.25 bits per heavy atom. The van der Waals surface area contributed by atoms with Crippen LogP contribution in [0.1, 0.15) is 65.7 Å². The van der Waals surface area contributed by atoms with Gasteiger partial charge in [-0.3, -0.25) is 9.69 Å². The molecule has 154 valence electrons. The van der Waals surface area contributed by atoms with E-state index >= 15 is 0 Å².